The van der Waals surface area contributed by atoms with Crippen LogP contribution in [0.25, 0.3) is 0 Å². The van der Waals surface area contributed by atoms with Crippen LogP contribution in [0.4, 0.5) is 0 Å². The monoisotopic (exact) mass is 290 g/mol. The van der Waals surface area contributed by atoms with Crippen LogP contribution in [0.1, 0.15) is 41.9 Å². The van der Waals surface area contributed by atoms with Gasteiger partial charge in [0, 0.05) is 17.3 Å². The summed E-state index contributed by atoms with van der Waals surface area (Å²) in [7, 11) is 0. The Balaban J connectivity index is 1.94. The zero-order chi connectivity index (χ0) is 14.4. The summed E-state index contributed by atoms with van der Waals surface area (Å²) in [6.45, 7) is 4.85. The average Bonchev–Trinajstić information content (AvgIpc) is 2.84. The van der Waals surface area contributed by atoms with Crippen molar-refractivity contribution < 1.29 is 4.74 Å². The quantitative estimate of drug-likeness (QED) is 0.845. The largest absolute Gasteiger partial charge is 0.493 e. The van der Waals surface area contributed by atoms with Crippen molar-refractivity contribution in [3.63, 3.8) is 0 Å². The van der Waals surface area contributed by atoms with Gasteiger partial charge in [-0.05, 0) is 25.5 Å². The normalized spacial score (nSPS) is 12.3. The molecule has 1 atom stereocenters. The maximum absolute atomic E-state index is 6.02. The molecule has 1 aromatic carbocycles. The number of nitrogens with zero attached hydrogens (tertiary/aromatic N) is 1. The lowest BCUT2D eigenvalue weighted by molar-refractivity contribution is 0.321. The van der Waals surface area contributed by atoms with Crippen LogP contribution < -0.4 is 10.5 Å². The van der Waals surface area contributed by atoms with E-state index in [1.54, 1.807) is 11.3 Å². The van der Waals surface area contributed by atoms with E-state index in [1.165, 1.54) is 10.6 Å². The topological polar surface area (TPSA) is 48.1 Å². The Hall–Kier alpha value is -1.39. The molecular formula is C16H22N2OS. The molecule has 0 saturated carbocycles. The minimum atomic E-state index is 0.0674. The Kier molecular flexibility index (Phi) is 5.56. The Bertz CT molecular complexity index is 523. The SMILES string of the molecule is CCCc1nc(CCOc2ccccc2)sc1C(C)N. The third kappa shape index (κ3) is 4.05. The van der Waals surface area contributed by atoms with Crippen LogP contribution in [-0.2, 0) is 12.8 Å². The minimum Gasteiger partial charge on any atom is -0.493 e. The lowest BCUT2D eigenvalue weighted by Crippen LogP contribution is -2.05. The van der Waals surface area contributed by atoms with Crippen molar-refractivity contribution >= 4 is 11.3 Å². The van der Waals surface area contributed by atoms with Gasteiger partial charge in [-0.1, -0.05) is 31.5 Å². The predicted molar refractivity (Wildman–Crippen MR) is 84.4 cm³/mol. The van der Waals surface area contributed by atoms with Crippen LogP contribution in [0, 0.1) is 0 Å². The highest BCUT2D eigenvalue weighted by atomic mass is 32.1. The summed E-state index contributed by atoms with van der Waals surface area (Å²) in [5.41, 5.74) is 7.19. The van der Waals surface area contributed by atoms with Gasteiger partial charge in [0.15, 0.2) is 0 Å². The number of benzene rings is 1. The molecule has 0 aliphatic rings. The van der Waals surface area contributed by atoms with E-state index < -0.39 is 0 Å². The number of nitrogens with two attached hydrogens (primary N) is 1. The molecule has 20 heavy (non-hydrogen) atoms. The number of aryl methyl sites for hydroxylation is 1. The van der Waals surface area contributed by atoms with Gasteiger partial charge < -0.3 is 10.5 Å². The predicted octanol–water partition coefficient (Wildman–Crippen LogP) is 3.74. The molecule has 2 aromatic rings. The van der Waals surface area contributed by atoms with E-state index in [-0.39, 0.29) is 6.04 Å². The summed E-state index contributed by atoms with van der Waals surface area (Å²) in [4.78, 5) is 5.93. The first-order valence-electron chi connectivity index (χ1n) is 7.12. The highest BCUT2D eigenvalue weighted by Crippen LogP contribution is 2.25. The van der Waals surface area contributed by atoms with Crippen molar-refractivity contribution in [3.05, 3.63) is 45.9 Å². The molecule has 3 nitrogen and oxygen atoms in total. The summed E-state index contributed by atoms with van der Waals surface area (Å²) >= 11 is 1.73. The van der Waals surface area contributed by atoms with Crippen molar-refractivity contribution in [2.24, 2.45) is 5.73 Å². The number of hydrogen-bond donors (Lipinski definition) is 1. The second-order valence-corrected chi connectivity index (χ2v) is 5.98. The molecule has 0 bridgehead atoms. The summed E-state index contributed by atoms with van der Waals surface area (Å²) in [5.74, 6) is 0.908. The Morgan fingerprint density at radius 1 is 1.25 bits per heavy atom. The van der Waals surface area contributed by atoms with Crippen molar-refractivity contribution in [1.29, 1.82) is 0 Å². The molecule has 1 aromatic heterocycles. The van der Waals surface area contributed by atoms with Crippen LogP contribution in [0.2, 0.25) is 0 Å². The first-order valence-corrected chi connectivity index (χ1v) is 7.94. The molecule has 0 radical (unpaired) electrons. The number of aromatic nitrogens is 1. The van der Waals surface area contributed by atoms with Crippen LogP contribution in [-0.4, -0.2) is 11.6 Å². The molecule has 0 spiro atoms. The molecule has 0 amide bonds. The first kappa shape index (κ1) is 15.0. The van der Waals surface area contributed by atoms with Gasteiger partial charge in [0.05, 0.1) is 17.3 Å². The van der Waals surface area contributed by atoms with Crippen LogP contribution >= 0.6 is 11.3 Å². The van der Waals surface area contributed by atoms with Gasteiger partial charge in [-0.3, -0.25) is 0 Å². The molecular weight excluding hydrogens is 268 g/mol. The number of hydrogen-bond acceptors (Lipinski definition) is 4. The fourth-order valence-corrected chi connectivity index (χ4v) is 3.11. The molecule has 2 N–H and O–H groups in total. The van der Waals surface area contributed by atoms with Crippen LogP contribution in [0.15, 0.2) is 30.3 Å². The molecule has 2 rings (SSSR count). The van der Waals surface area contributed by atoms with E-state index in [9.17, 15) is 0 Å². The zero-order valence-electron chi connectivity index (χ0n) is 12.1. The maximum Gasteiger partial charge on any atom is 0.119 e. The summed E-state index contributed by atoms with van der Waals surface area (Å²) in [5, 5.41) is 1.12. The van der Waals surface area contributed by atoms with Crippen LogP contribution in [0.5, 0.6) is 5.75 Å². The van der Waals surface area contributed by atoms with E-state index in [1.807, 2.05) is 37.3 Å². The fraction of sp³-hybridized carbons (Fsp3) is 0.438. The van der Waals surface area contributed by atoms with Gasteiger partial charge >= 0.3 is 0 Å². The average molecular weight is 290 g/mol. The fourth-order valence-electron chi connectivity index (χ4n) is 2.07. The smallest absolute Gasteiger partial charge is 0.119 e. The third-order valence-corrected chi connectivity index (χ3v) is 4.36. The highest BCUT2D eigenvalue weighted by Gasteiger charge is 2.13. The van der Waals surface area contributed by atoms with Gasteiger partial charge in [-0.25, -0.2) is 4.98 Å². The Morgan fingerprint density at radius 2 is 2.00 bits per heavy atom. The number of thiazole rings is 1. The van der Waals surface area contributed by atoms with Crippen molar-refractivity contribution in [2.45, 2.75) is 39.2 Å². The lowest BCUT2D eigenvalue weighted by atomic mass is 10.2. The number of ether oxygens (including phenoxy) is 1. The minimum absolute atomic E-state index is 0.0674. The Labute approximate surface area is 124 Å². The van der Waals surface area contributed by atoms with E-state index in [0.29, 0.717) is 6.61 Å². The first-order chi connectivity index (χ1) is 9.70. The summed E-state index contributed by atoms with van der Waals surface area (Å²) < 4.78 is 5.71. The number of para-hydroxylation sites is 1. The summed E-state index contributed by atoms with van der Waals surface area (Å²) in [6, 6.07) is 9.95. The Morgan fingerprint density at radius 3 is 2.65 bits per heavy atom. The van der Waals surface area contributed by atoms with E-state index in [4.69, 9.17) is 15.5 Å². The van der Waals surface area contributed by atoms with E-state index in [2.05, 4.69) is 6.92 Å². The molecule has 1 unspecified atom stereocenters. The van der Waals surface area contributed by atoms with E-state index >= 15 is 0 Å². The molecule has 0 aliphatic heterocycles. The third-order valence-electron chi connectivity index (χ3n) is 3.00. The zero-order valence-corrected chi connectivity index (χ0v) is 13.0. The maximum atomic E-state index is 6.02. The van der Waals surface area contributed by atoms with Crippen molar-refractivity contribution in [2.75, 3.05) is 6.61 Å². The lowest BCUT2D eigenvalue weighted by Gasteiger charge is -2.03. The number of rotatable bonds is 7. The van der Waals surface area contributed by atoms with Gasteiger partial charge in [0.2, 0.25) is 0 Å². The van der Waals surface area contributed by atoms with Crippen molar-refractivity contribution in [1.82, 2.24) is 4.98 Å². The van der Waals surface area contributed by atoms with Gasteiger partial charge in [-0.15, -0.1) is 11.3 Å². The molecule has 0 saturated heterocycles. The highest BCUT2D eigenvalue weighted by molar-refractivity contribution is 7.11. The molecule has 108 valence electrons. The second-order valence-electron chi connectivity index (χ2n) is 4.87. The second kappa shape index (κ2) is 7.41. The molecule has 0 aliphatic carbocycles. The molecule has 1 heterocycles. The molecule has 4 heteroatoms. The van der Waals surface area contributed by atoms with Gasteiger partial charge in [0.25, 0.3) is 0 Å². The van der Waals surface area contributed by atoms with Crippen molar-refractivity contribution in [3.8, 4) is 5.75 Å². The van der Waals surface area contributed by atoms with Gasteiger partial charge in [0.1, 0.15) is 5.75 Å². The molecule has 0 fully saturated rings. The van der Waals surface area contributed by atoms with Crippen LogP contribution in [0.3, 0.4) is 0 Å². The standard InChI is InChI=1S/C16H22N2OS/c1-3-7-14-16(12(2)17)20-15(18-14)10-11-19-13-8-5-4-6-9-13/h4-6,8-9,12H,3,7,10-11,17H2,1-2H3. The summed E-state index contributed by atoms with van der Waals surface area (Å²) in [6.07, 6.45) is 2.94. The van der Waals surface area contributed by atoms with Gasteiger partial charge in [-0.2, -0.15) is 0 Å². The van der Waals surface area contributed by atoms with E-state index in [0.717, 1.165) is 30.0 Å².